The molecule has 1 saturated heterocycles. The molecule has 1 fully saturated rings. The van der Waals surface area contributed by atoms with Crippen LogP contribution in [0.25, 0.3) is 0 Å². The van der Waals surface area contributed by atoms with Crippen molar-refractivity contribution >= 4 is 22.4 Å². The SMILES string of the molecule is COc1c(N)nsc1N1CCCCC1C. The van der Waals surface area contributed by atoms with Gasteiger partial charge in [0.15, 0.2) is 16.6 Å². The van der Waals surface area contributed by atoms with Crippen molar-refractivity contribution in [3.8, 4) is 5.75 Å². The van der Waals surface area contributed by atoms with E-state index in [-0.39, 0.29) is 0 Å². The van der Waals surface area contributed by atoms with E-state index in [1.807, 2.05) is 0 Å². The summed E-state index contributed by atoms with van der Waals surface area (Å²) in [5, 5.41) is 1.09. The molecule has 0 bridgehead atoms. The van der Waals surface area contributed by atoms with E-state index in [1.165, 1.54) is 30.8 Å². The minimum absolute atomic E-state index is 0.510. The summed E-state index contributed by atoms with van der Waals surface area (Å²) in [6.45, 7) is 3.33. The number of methoxy groups -OCH3 is 1. The van der Waals surface area contributed by atoms with Gasteiger partial charge in [-0.15, -0.1) is 0 Å². The third-order valence-electron chi connectivity index (χ3n) is 2.93. The molecule has 1 aliphatic heterocycles. The maximum Gasteiger partial charge on any atom is 0.197 e. The second kappa shape index (κ2) is 4.26. The van der Waals surface area contributed by atoms with Crippen LogP contribution < -0.4 is 15.4 Å². The van der Waals surface area contributed by atoms with Crippen LogP contribution >= 0.6 is 11.5 Å². The molecule has 84 valence electrons. The van der Waals surface area contributed by atoms with Gasteiger partial charge in [-0.3, -0.25) is 0 Å². The molecule has 1 atom stereocenters. The molecule has 1 aromatic rings. The lowest BCUT2D eigenvalue weighted by Crippen LogP contribution is -2.37. The van der Waals surface area contributed by atoms with Gasteiger partial charge in [0.2, 0.25) is 0 Å². The summed E-state index contributed by atoms with van der Waals surface area (Å²) in [7, 11) is 1.65. The summed E-state index contributed by atoms with van der Waals surface area (Å²) in [6, 6.07) is 0.562. The molecule has 0 aliphatic carbocycles. The Balaban J connectivity index is 2.27. The summed E-state index contributed by atoms with van der Waals surface area (Å²) in [5.74, 6) is 1.25. The van der Waals surface area contributed by atoms with Crippen LogP contribution in [0.2, 0.25) is 0 Å². The highest BCUT2D eigenvalue weighted by Crippen LogP contribution is 2.40. The van der Waals surface area contributed by atoms with Crippen molar-refractivity contribution < 1.29 is 4.74 Å². The normalized spacial score (nSPS) is 21.7. The Morgan fingerprint density at radius 2 is 2.33 bits per heavy atom. The van der Waals surface area contributed by atoms with Gasteiger partial charge < -0.3 is 15.4 Å². The summed E-state index contributed by atoms with van der Waals surface area (Å²) in [5.41, 5.74) is 5.75. The van der Waals surface area contributed by atoms with Gasteiger partial charge in [0.1, 0.15) is 0 Å². The maximum absolute atomic E-state index is 5.75. The topological polar surface area (TPSA) is 51.4 Å². The maximum atomic E-state index is 5.75. The largest absolute Gasteiger partial charge is 0.490 e. The first kappa shape index (κ1) is 10.5. The highest BCUT2D eigenvalue weighted by molar-refractivity contribution is 7.11. The third kappa shape index (κ3) is 1.88. The molecule has 2 N–H and O–H groups in total. The highest BCUT2D eigenvalue weighted by atomic mass is 32.1. The lowest BCUT2D eigenvalue weighted by atomic mass is 10.0. The molecule has 1 aliphatic rings. The molecule has 5 heteroatoms. The molecule has 0 radical (unpaired) electrons. The van der Waals surface area contributed by atoms with Gasteiger partial charge in [0.05, 0.1) is 7.11 Å². The average molecular weight is 227 g/mol. The number of anilines is 2. The standard InChI is InChI=1S/C10H17N3OS/c1-7-5-3-4-6-13(7)10-8(14-2)9(11)12-15-10/h7H,3-6H2,1-2H3,(H2,11,12). The number of nitrogens with two attached hydrogens (primary N) is 1. The van der Waals surface area contributed by atoms with Crippen LogP contribution in [0.3, 0.4) is 0 Å². The van der Waals surface area contributed by atoms with Crippen molar-refractivity contribution in [1.82, 2.24) is 4.37 Å². The summed E-state index contributed by atoms with van der Waals surface area (Å²) >= 11 is 1.44. The fourth-order valence-corrected chi connectivity index (χ4v) is 2.97. The van der Waals surface area contributed by atoms with Crippen molar-refractivity contribution in [2.24, 2.45) is 0 Å². The number of aromatic nitrogens is 1. The molecule has 15 heavy (non-hydrogen) atoms. The Labute approximate surface area is 94.2 Å². The minimum atomic E-state index is 0.510. The number of piperidine rings is 1. The van der Waals surface area contributed by atoms with E-state index in [9.17, 15) is 0 Å². The molecule has 1 aromatic heterocycles. The van der Waals surface area contributed by atoms with E-state index in [1.54, 1.807) is 7.11 Å². The van der Waals surface area contributed by atoms with Crippen LogP contribution in [0.4, 0.5) is 10.8 Å². The number of nitrogen functional groups attached to an aromatic ring is 1. The van der Waals surface area contributed by atoms with Crippen LogP contribution in [0, 0.1) is 0 Å². The van der Waals surface area contributed by atoms with Gasteiger partial charge in [-0.25, -0.2) is 0 Å². The Morgan fingerprint density at radius 1 is 1.53 bits per heavy atom. The number of hydrogen-bond donors (Lipinski definition) is 1. The van der Waals surface area contributed by atoms with Crippen LogP contribution in [-0.2, 0) is 0 Å². The molecular formula is C10H17N3OS. The van der Waals surface area contributed by atoms with Crippen LogP contribution in [0.5, 0.6) is 5.75 Å². The smallest absolute Gasteiger partial charge is 0.197 e. The lowest BCUT2D eigenvalue weighted by molar-refractivity contribution is 0.411. The second-order valence-electron chi connectivity index (χ2n) is 3.94. The fraction of sp³-hybridized carbons (Fsp3) is 0.700. The van der Waals surface area contributed by atoms with Crippen LogP contribution in [0.1, 0.15) is 26.2 Å². The van der Waals surface area contributed by atoms with Crippen LogP contribution in [-0.4, -0.2) is 24.1 Å². The van der Waals surface area contributed by atoms with E-state index in [2.05, 4.69) is 16.2 Å². The predicted octanol–water partition coefficient (Wildman–Crippen LogP) is 2.11. The van der Waals surface area contributed by atoms with Crippen molar-refractivity contribution in [2.75, 3.05) is 24.3 Å². The van der Waals surface area contributed by atoms with E-state index in [4.69, 9.17) is 10.5 Å². The Kier molecular flexibility index (Phi) is 3.00. The average Bonchev–Trinajstić information content (AvgIpc) is 2.60. The van der Waals surface area contributed by atoms with Crippen LogP contribution in [0.15, 0.2) is 0 Å². The van der Waals surface area contributed by atoms with Gasteiger partial charge in [-0.05, 0) is 37.7 Å². The molecular weight excluding hydrogens is 210 g/mol. The quantitative estimate of drug-likeness (QED) is 0.840. The molecule has 0 amide bonds. The number of hydrogen-bond acceptors (Lipinski definition) is 5. The second-order valence-corrected chi connectivity index (χ2v) is 4.70. The number of rotatable bonds is 2. The van der Waals surface area contributed by atoms with Gasteiger partial charge in [-0.2, -0.15) is 4.37 Å². The van der Waals surface area contributed by atoms with E-state index < -0.39 is 0 Å². The van der Waals surface area contributed by atoms with E-state index in [0.29, 0.717) is 11.9 Å². The summed E-state index contributed by atoms with van der Waals surface area (Å²) < 4.78 is 9.45. The van der Waals surface area contributed by atoms with Gasteiger partial charge in [-0.1, -0.05) is 0 Å². The predicted molar refractivity (Wildman–Crippen MR) is 63.7 cm³/mol. The Bertz CT molecular complexity index is 339. The van der Waals surface area contributed by atoms with Crippen molar-refractivity contribution in [3.63, 3.8) is 0 Å². The first-order valence-corrected chi connectivity index (χ1v) is 6.07. The summed E-state index contributed by atoms with van der Waals surface area (Å²) in [6.07, 6.45) is 3.79. The number of nitrogens with zero attached hydrogens (tertiary/aromatic N) is 2. The molecule has 1 unspecified atom stereocenters. The zero-order valence-corrected chi connectivity index (χ0v) is 10.0. The monoisotopic (exact) mass is 227 g/mol. The number of ether oxygens (including phenoxy) is 1. The van der Waals surface area contributed by atoms with E-state index >= 15 is 0 Å². The van der Waals surface area contributed by atoms with Crippen molar-refractivity contribution in [2.45, 2.75) is 32.2 Å². The molecule has 0 spiro atoms. The van der Waals surface area contributed by atoms with Crippen molar-refractivity contribution in [1.29, 1.82) is 0 Å². The third-order valence-corrected chi connectivity index (χ3v) is 3.81. The fourth-order valence-electron chi connectivity index (χ4n) is 2.06. The van der Waals surface area contributed by atoms with E-state index in [0.717, 1.165) is 17.3 Å². The molecule has 0 aromatic carbocycles. The Hall–Kier alpha value is -0.970. The molecule has 0 saturated carbocycles. The first-order valence-electron chi connectivity index (χ1n) is 5.29. The highest BCUT2D eigenvalue weighted by Gasteiger charge is 2.24. The van der Waals surface area contributed by atoms with Crippen molar-refractivity contribution in [3.05, 3.63) is 0 Å². The van der Waals surface area contributed by atoms with Gasteiger partial charge in [0.25, 0.3) is 0 Å². The first-order chi connectivity index (χ1) is 7.24. The van der Waals surface area contributed by atoms with Gasteiger partial charge in [0, 0.05) is 12.6 Å². The zero-order valence-electron chi connectivity index (χ0n) is 9.19. The minimum Gasteiger partial charge on any atom is -0.490 e. The van der Waals surface area contributed by atoms with Gasteiger partial charge >= 0.3 is 0 Å². The molecule has 4 nitrogen and oxygen atoms in total. The summed E-state index contributed by atoms with van der Waals surface area (Å²) in [4.78, 5) is 2.36. The molecule has 2 rings (SSSR count). The zero-order chi connectivity index (χ0) is 10.8. The molecule has 2 heterocycles. The lowest BCUT2D eigenvalue weighted by Gasteiger charge is -2.34. The Morgan fingerprint density at radius 3 is 3.00 bits per heavy atom.